The van der Waals surface area contributed by atoms with Crippen LogP contribution in [-0.4, -0.2) is 33.3 Å². The van der Waals surface area contributed by atoms with Crippen molar-refractivity contribution in [3.63, 3.8) is 0 Å². The van der Waals surface area contributed by atoms with Crippen molar-refractivity contribution in [2.75, 3.05) is 24.7 Å². The molecule has 0 aromatic rings. The lowest BCUT2D eigenvalue weighted by atomic mass is 10.9. The quantitative estimate of drug-likeness (QED) is 0.514. The third kappa shape index (κ3) is 7.21. The molecule has 0 aliphatic heterocycles. The molecule has 0 N–H and O–H groups in total. The summed E-state index contributed by atoms with van der Waals surface area (Å²) in [4.78, 5) is 0. The van der Waals surface area contributed by atoms with E-state index >= 15 is 0 Å². The summed E-state index contributed by atoms with van der Waals surface area (Å²) in [6, 6.07) is 0. The summed E-state index contributed by atoms with van der Waals surface area (Å²) < 4.78 is 11.0. The summed E-state index contributed by atoms with van der Waals surface area (Å²) in [6.07, 6.45) is 0. The second kappa shape index (κ2) is 6.36. The third-order valence-corrected chi connectivity index (χ3v) is 3.25. The Morgan fingerprint density at radius 1 is 1.00 bits per heavy atom. The topological polar surface area (TPSA) is 18.5 Å². The van der Waals surface area contributed by atoms with E-state index in [1.54, 1.807) is 0 Å². The van der Waals surface area contributed by atoms with E-state index in [-0.39, 0.29) is 0 Å². The van der Waals surface area contributed by atoms with Crippen LogP contribution in [0.15, 0.2) is 0 Å². The van der Waals surface area contributed by atoms with Gasteiger partial charge in [-0.05, 0) is 13.1 Å². The maximum Gasteiger partial charge on any atom is 0.331 e. The summed E-state index contributed by atoms with van der Waals surface area (Å²) >= 11 is 8.10. The Hall–Kier alpha value is 0.837. The zero-order valence-corrected chi connectivity index (χ0v) is 9.83. The summed E-state index contributed by atoms with van der Waals surface area (Å²) in [6.45, 7) is 5.41. The molecule has 11 heavy (non-hydrogen) atoms. The second-order valence-corrected chi connectivity index (χ2v) is 6.82. The fraction of sp³-hybridized carbons (Fsp3) is 1.00. The van der Waals surface area contributed by atoms with E-state index in [0.29, 0.717) is 13.2 Å². The summed E-state index contributed by atoms with van der Waals surface area (Å²) in [5.41, 5.74) is 0. The van der Waals surface area contributed by atoms with Crippen LogP contribution in [0.2, 0.25) is 13.1 Å². The van der Waals surface area contributed by atoms with Crippen LogP contribution in [0.1, 0.15) is 0 Å². The van der Waals surface area contributed by atoms with Gasteiger partial charge in [0.2, 0.25) is 0 Å². The Kier molecular flexibility index (Phi) is 6.85. The largest absolute Gasteiger partial charge is 0.394 e. The Morgan fingerprint density at radius 2 is 1.36 bits per heavy atom. The predicted molar refractivity (Wildman–Crippen MR) is 57.1 cm³/mol. The highest BCUT2D eigenvalue weighted by atomic mass is 32.1. The number of rotatable bonds is 6. The summed E-state index contributed by atoms with van der Waals surface area (Å²) in [5, 5.41) is 0. The van der Waals surface area contributed by atoms with Gasteiger partial charge in [0, 0.05) is 24.7 Å². The molecule has 0 amide bonds. The molecule has 0 spiro atoms. The van der Waals surface area contributed by atoms with Gasteiger partial charge in [-0.3, -0.25) is 0 Å². The molecule has 0 rings (SSSR count). The van der Waals surface area contributed by atoms with Crippen molar-refractivity contribution in [3.8, 4) is 0 Å². The molecule has 0 aliphatic carbocycles. The molecule has 0 atom stereocenters. The molecular formula is C6H16O2S2Si. The molecule has 68 valence electrons. The zero-order chi connectivity index (χ0) is 8.74. The molecule has 0 fully saturated rings. The standard InChI is InChI=1S/C6H16O2S2Si/c1-11(2,7-3-5-9)8-4-6-10/h9-10H,3-6H2,1-2H3. The lowest BCUT2D eigenvalue weighted by molar-refractivity contribution is 0.199. The van der Waals surface area contributed by atoms with Crippen LogP contribution in [0.5, 0.6) is 0 Å². The van der Waals surface area contributed by atoms with E-state index in [1.165, 1.54) is 0 Å². The van der Waals surface area contributed by atoms with Crippen LogP contribution < -0.4 is 0 Å². The summed E-state index contributed by atoms with van der Waals surface area (Å²) in [7, 11) is -1.84. The average molecular weight is 212 g/mol. The summed E-state index contributed by atoms with van der Waals surface area (Å²) in [5.74, 6) is 1.50. The van der Waals surface area contributed by atoms with Crippen LogP contribution in [0, 0.1) is 0 Å². The van der Waals surface area contributed by atoms with E-state index in [1.807, 2.05) is 13.1 Å². The minimum absolute atomic E-state index is 0.676. The molecular weight excluding hydrogens is 196 g/mol. The van der Waals surface area contributed by atoms with Gasteiger partial charge in [-0.1, -0.05) is 0 Å². The number of hydrogen-bond donors (Lipinski definition) is 2. The number of thiol groups is 2. The average Bonchev–Trinajstić information content (AvgIpc) is 1.97. The Balaban J connectivity index is 3.43. The Bertz CT molecular complexity index is 90.6. The van der Waals surface area contributed by atoms with Crippen molar-refractivity contribution < 1.29 is 8.85 Å². The van der Waals surface area contributed by atoms with Crippen molar-refractivity contribution in [1.82, 2.24) is 0 Å². The minimum Gasteiger partial charge on any atom is -0.394 e. The molecule has 5 heteroatoms. The maximum atomic E-state index is 5.49. The molecule has 0 radical (unpaired) electrons. The molecule has 0 bridgehead atoms. The molecule has 0 aliphatic rings. The van der Waals surface area contributed by atoms with E-state index < -0.39 is 8.56 Å². The maximum absolute atomic E-state index is 5.49. The monoisotopic (exact) mass is 212 g/mol. The highest BCUT2D eigenvalue weighted by molar-refractivity contribution is 7.80. The van der Waals surface area contributed by atoms with Crippen LogP contribution in [0.4, 0.5) is 0 Å². The molecule has 0 aromatic heterocycles. The SMILES string of the molecule is C[Si](C)(OCCS)OCCS. The van der Waals surface area contributed by atoms with Crippen LogP contribution in [0.3, 0.4) is 0 Å². The predicted octanol–water partition coefficient (Wildman–Crippen LogP) is 1.58. The first-order valence-electron chi connectivity index (χ1n) is 3.62. The molecule has 2 nitrogen and oxygen atoms in total. The Morgan fingerprint density at radius 3 is 1.64 bits per heavy atom. The second-order valence-electron chi connectivity index (χ2n) is 2.54. The van der Waals surface area contributed by atoms with Crippen molar-refractivity contribution >= 4 is 33.8 Å². The molecule has 0 saturated carbocycles. The normalized spacial score (nSPS) is 12.0. The van der Waals surface area contributed by atoms with Crippen LogP contribution in [0.25, 0.3) is 0 Å². The van der Waals surface area contributed by atoms with Gasteiger partial charge in [0.25, 0.3) is 0 Å². The van der Waals surface area contributed by atoms with Gasteiger partial charge in [-0.2, -0.15) is 25.3 Å². The van der Waals surface area contributed by atoms with Gasteiger partial charge in [-0.25, -0.2) is 0 Å². The lowest BCUT2D eigenvalue weighted by Gasteiger charge is -2.21. The highest BCUT2D eigenvalue weighted by Crippen LogP contribution is 2.05. The first kappa shape index (κ1) is 11.8. The first-order chi connectivity index (χ1) is 5.12. The molecule has 0 saturated heterocycles. The van der Waals surface area contributed by atoms with E-state index in [9.17, 15) is 0 Å². The van der Waals surface area contributed by atoms with E-state index in [0.717, 1.165) is 11.5 Å². The van der Waals surface area contributed by atoms with Crippen molar-refractivity contribution in [2.45, 2.75) is 13.1 Å². The molecule has 0 unspecified atom stereocenters. The smallest absolute Gasteiger partial charge is 0.331 e. The van der Waals surface area contributed by atoms with Gasteiger partial charge in [0.1, 0.15) is 0 Å². The van der Waals surface area contributed by atoms with Crippen LogP contribution >= 0.6 is 25.3 Å². The van der Waals surface area contributed by atoms with Gasteiger partial charge in [0.05, 0.1) is 0 Å². The van der Waals surface area contributed by atoms with E-state index in [2.05, 4.69) is 25.3 Å². The minimum atomic E-state index is -1.84. The fourth-order valence-electron chi connectivity index (χ4n) is 0.625. The highest BCUT2D eigenvalue weighted by Gasteiger charge is 2.23. The van der Waals surface area contributed by atoms with Gasteiger partial charge in [-0.15, -0.1) is 0 Å². The molecule has 0 aromatic carbocycles. The van der Waals surface area contributed by atoms with Crippen LogP contribution in [-0.2, 0) is 8.85 Å². The van der Waals surface area contributed by atoms with Gasteiger partial charge >= 0.3 is 8.56 Å². The third-order valence-electron chi connectivity index (χ3n) is 1.08. The Labute approximate surface area is 80.7 Å². The van der Waals surface area contributed by atoms with Gasteiger partial charge < -0.3 is 8.85 Å². The van der Waals surface area contributed by atoms with E-state index in [4.69, 9.17) is 8.85 Å². The van der Waals surface area contributed by atoms with Gasteiger partial charge in [0.15, 0.2) is 0 Å². The number of hydrogen-bond acceptors (Lipinski definition) is 4. The molecule has 0 heterocycles. The fourth-order valence-corrected chi connectivity index (χ4v) is 2.42. The van der Waals surface area contributed by atoms with Crippen molar-refractivity contribution in [2.24, 2.45) is 0 Å². The van der Waals surface area contributed by atoms with Crippen molar-refractivity contribution in [1.29, 1.82) is 0 Å². The van der Waals surface area contributed by atoms with Crippen molar-refractivity contribution in [3.05, 3.63) is 0 Å². The zero-order valence-electron chi connectivity index (χ0n) is 7.04. The first-order valence-corrected chi connectivity index (χ1v) is 7.70. The lowest BCUT2D eigenvalue weighted by Crippen LogP contribution is -2.36.